The lowest BCUT2D eigenvalue weighted by atomic mass is 9.92. The van der Waals surface area contributed by atoms with Crippen molar-refractivity contribution in [1.82, 2.24) is 0 Å². The third-order valence-electron chi connectivity index (χ3n) is 3.52. The molecule has 0 saturated carbocycles. The lowest BCUT2D eigenvalue weighted by molar-refractivity contribution is -0.142. The van der Waals surface area contributed by atoms with Gasteiger partial charge in [-0.3, -0.25) is 4.79 Å². The van der Waals surface area contributed by atoms with Crippen LogP contribution in [0.3, 0.4) is 0 Å². The van der Waals surface area contributed by atoms with E-state index in [-0.39, 0.29) is 12.6 Å². The summed E-state index contributed by atoms with van der Waals surface area (Å²) in [5, 5.41) is 9.31. The van der Waals surface area contributed by atoms with E-state index in [0.29, 0.717) is 12.2 Å². The van der Waals surface area contributed by atoms with E-state index in [1.807, 2.05) is 54.6 Å². The average Bonchev–Trinajstić information content (AvgIpc) is 2.58. The standard InChI is InChI=1S/C19H22O4/c1-14(20)13-23-17-10-6-9-16(12-17)18(19(21)22-2)11-15-7-4-3-5-8-15/h3-10,12,14,18,20H,11,13H2,1-2H3. The largest absolute Gasteiger partial charge is 0.491 e. The fourth-order valence-corrected chi connectivity index (χ4v) is 2.37. The molecule has 0 bridgehead atoms. The summed E-state index contributed by atoms with van der Waals surface area (Å²) in [5.41, 5.74) is 1.90. The van der Waals surface area contributed by atoms with E-state index >= 15 is 0 Å². The highest BCUT2D eigenvalue weighted by Gasteiger charge is 2.22. The highest BCUT2D eigenvalue weighted by molar-refractivity contribution is 5.78. The molecule has 122 valence electrons. The zero-order valence-corrected chi connectivity index (χ0v) is 13.4. The molecule has 4 nitrogen and oxygen atoms in total. The number of esters is 1. The molecule has 0 radical (unpaired) electrons. The van der Waals surface area contributed by atoms with Gasteiger partial charge in [-0.2, -0.15) is 0 Å². The molecule has 0 amide bonds. The molecule has 2 aromatic rings. The average molecular weight is 314 g/mol. The van der Waals surface area contributed by atoms with Crippen LogP contribution in [0.4, 0.5) is 0 Å². The number of carbonyl (C=O) groups is 1. The van der Waals surface area contributed by atoms with E-state index in [0.717, 1.165) is 11.1 Å². The Morgan fingerprint density at radius 1 is 1.13 bits per heavy atom. The minimum Gasteiger partial charge on any atom is -0.491 e. The fraction of sp³-hybridized carbons (Fsp3) is 0.316. The zero-order valence-electron chi connectivity index (χ0n) is 13.4. The molecule has 0 aromatic heterocycles. The summed E-state index contributed by atoms with van der Waals surface area (Å²) in [6.07, 6.45) is 0.0206. The van der Waals surface area contributed by atoms with Gasteiger partial charge in [0, 0.05) is 0 Å². The molecule has 0 aliphatic carbocycles. The minimum atomic E-state index is -0.542. The van der Waals surface area contributed by atoms with Crippen molar-refractivity contribution in [3.8, 4) is 5.75 Å². The lowest BCUT2D eigenvalue weighted by Crippen LogP contribution is -2.17. The van der Waals surface area contributed by atoms with E-state index in [2.05, 4.69) is 0 Å². The number of aliphatic hydroxyl groups excluding tert-OH is 1. The normalized spacial score (nSPS) is 13.2. The maximum Gasteiger partial charge on any atom is 0.313 e. The van der Waals surface area contributed by atoms with Gasteiger partial charge >= 0.3 is 5.97 Å². The van der Waals surface area contributed by atoms with Crippen molar-refractivity contribution >= 4 is 5.97 Å². The first-order chi connectivity index (χ1) is 11.1. The Kier molecular flexibility index (Phi) is 6.18. The van der Waals surface area contributed by atoms with Crippen LogP contribution in [0.15, 0.2) is 54.6 Å². The fourth-order valence-electron chi connectivity index (χ4n) is 2.37. The molecular formula is C19H22O4. The van der Waals surface area contributed by atoms with Crippen molar-refractivity contribution in [2.24, 2.45) is 0 Å². The molecule has 0 aliphatic heterocycles. The van der Waals surface area contributed by atoms with Gasteiger partial charge in [0.05, 0.1) is 19.1 Å². The van der Waals surface area contributed by atoms with E-state index in [1.54, 1.807) is 6.92 Å². The van der Waals surface area contributed by atoms with Crippen LogP contribution in [0.1, 0.15) is 24.0 Å². The summed E-state index contributed by atoms with van der Waals surface area (Å²) < 4.78 is 10.5. The van der Waals surface area contributed by atoms with Crippen LogP contribution in [-0.4, -0.2) is 30.9 Å². The topological polar surface area (TPSA) is 55.8 Å². The van der Waals surface area contributed by atoms with Crippen molar-refractivity contribution in [3.05, 3.63) is 65.7 Å². The number of carbonyl (C=O) groups excluding carboxylic acids is 1. The van der Waals surface area contributed by atoms with Crippen molar-refractivity contribution in [1.29, 1.82) is 0 Å². The van der Waals surface area contributed by atoms with Crippen molar-refractivity contribution in [2.45, 2.75) is 25.4 Å². The Hall–Kier alpha value is -2.33. The molecule has 1 N–H and O–H groups in total. The van der Waals surface area contributed by atoms with Crippen LogP contribution in [0.25, 0.3) is 0 Å². The van der Waals surface area contributed by atoms with E-state index in [9.17, 15) is 9.90 Å². The number of hydrogen-bond donors (Lipinski definition) is 1. The third kappa shape index (κ3) is 5.11. The van der Waals surface area contributed by atoms with Crippen molar-refractivity contribution < 1.29 is 19.4 Å². The summed E-state index contributed by atoms with van der Waals surface area (Å²) in [4.78, 5) is 12.2. The molecule has 4 heteroatoms. The molecule has 0 heterocycles. The monoisotopic (exact) mass is 314 g/mol. The maximum atomic E-state index is 12.2. The number of aliphatic hydroxyl groups is 1. The van der Waals surface area contributed by atoms with Gasteiger partial charge in [0.25, 0.3) is 0 Å². The molecule has 0 spiro atoms. The Bertz CT molecular complexity index is 622. The number of benzene rings is 2. The summed E-state index contributed by atoms with van der Waals surface area (Å²) in [6, 6.07) is 17.2. The Morgan fingerprint density at radius 3 is 2.52 bits per heavy atom. The summed E-state index contributed by atoms with van der Waals surface area (Å²) in [6.45, 7) is 1.88. The number of hydrogen-bond acceptors (Lipinski definition) is 4. The summed E-state index contributed by atoms with van der Waals surface area (Å²) in [5.74, 6) is -0.0376. The van der Waals surface area contributed by atoms with Crippen LogP contribution >= 0.6 is 0 Å². The second-order valence-corrected chi connectivity index (χ2v) is 5.50. The molecule has 2 rings (SSSR count). The predicted octanol–water partition coefficient (Wildman–Crippen LogP) is 2.95. The first-order valence-corrected chi connectivity index (χ1v) is 7.62. The molecule has 0 saturated heterocycles. The van der Waals surface area contributed by atoms with Crippen molar-refractivity contribution in [3.63, 3.8) is 0 Å². The van der Waals surface area contributed by atoms with Gasteiger partial charge in [0.1, 0.15) is 12.4 Å². The number of rotatable bonds is 7. The molecule has 23 heavy (non-hydrogen) atoms. The van der Waals surface area contributed by atoms with Crippen LogP contribution < -0.4 is 4.74 Å². The van der Waals surface area contributed by atoms with Gasteiger partial charge in [-0.25, -0.2) is 0 Å². The van der Waals surface area contributed by atoms with E-state index < -0.39 is 12.0 Å². The summed E-state index contributed by atoms with van der Waals surface area (Å²) in [7, 11) is 1.40. The van der Waals surface area contributed by atoms with E-state index in [4.69, 9.17) is 9.47 Å². The van der Waals surface area contributed by atoms with Crippen LogP contribution in [0.5, 0.6) is 5.75 Å². The highest BCUT2D eigenvalue weighted by atomic mass is 16.5. The minimum absolute atomic E-state index is 0.213. The Morgan fingerprint density at radius 2 is 1.87 bits per heavy atom. The molecule has 0 fully saturated rings. The number of ether oxygens (including phenoxy) is 2. The van der Waals surface area contributed by atoms with Crippen molar-refractivity contribution in [2.75, 3.05) is 13.7 Å². The second-order valence-electron chi connectivity index (χ2n) is 5.50. The first kappa shape index (κ1) is 17.0. The third-order valence-corrected chi connectivity index (χ3v) is 3.52. The van der Waals surface area contributed by atoms with Crippen LogP contribution in [0.2, 0.25) is 0 Å². The molecule has 0 aliphatic rings. The van der Waals surface area contributed by atoms with E-state index in [1.165, 1.54) is 7.11 Å². The Labute approximate surface area is 136 Å². The van der Waals surface area contributed by atoms with Gasteiger partial charge in [-0.15, -0.1) is 0 Å². The second kappa shape index (κ2) is 8.34. The van der Waals surface area contributed by atoms with Gasteiger partial charge in [-0.1, -0.05) is 42.5 Å². The van der Waals surface area contributed by atoms with Crippen LogP contribution in [0, 0.1) is 0 Å². The molecular weight excluding hydrogens is 292 g/mol. The summed E-state index contributed by atoms with van der Waals surface area (Å²) >= 11 is 0. The number of methoxy groups -OCH3 is 1. The molecule has 2 unspecified atom stereocenters. The lowest BCUT2D eigenvalue weighted by Gasteiger charge is -2.17. The van der Waals surface area contributed by atoms with Crippen LogP contribution in [-0.2, 0) is 16.0 Å². The highest BCUT2D eigenvalue weighted by Crippen LogP contribution is 2.26. The SMILES string of the molecule is COC(=O)C(Cc1ccccc1)c1cccc(OCC(C)O)c1. The Balaban J connectivity index is 2.21. The van der Waals surface area contributed by atoms with Gasteiger partial charge in [0.2, 0.25) is 0 Å². The maximum absolute atomic E-state index is 12.2. The molecule has 2 aromatic carbocycles. The first-order valence-electron chi connectivity index (χ1n) is 7.62. The van der Waals surface area contributed by atoms with Gasteiger partial charge < -0.3 is 14.6 Å². The van der Waals surface area contributed by atoms with Gasteiger partial charge in [-0.05, 0) is 36.6 Å². The zero-order chi connectivity index (χ0) is 16.7. The molecule has 2 atom stereocenters. The quantitative estimate of drug-likeness (QED) is 0.798. The van der Waals surface area contributed by atoms with Gasteiger partial charge in [0.15, 0.2) is 0 Å². The predicted molar refractivity (Wildman–Crippen MR) is 88.5 cm³/mol. The smallest absolute Gasteiger partial charge is 0.313 e.